The summed E-state index contributed by atoms with van der Waals surface area (Å²) in [5.41, 5.74) is 1.09. The van der Waals surface area contributed by atoms with Crippen molar-refractivity contribution in [2.45, 2.75) is 38.9 Å². The van der Waals surface area contributed by atoms with Gasteiger partial charge in [-0.2, -0.15) is 0 Å². The molecule has 0 fully saturated rings. The Kier molecular flexibility index (Phi) is 4.48. The summed E-state index contributed by atoms with van der Waals surface area (Å²) in [6.45, 7) is 7.48. The maximum Gasteiger partial charge on any atom is 0.152 e. The summed E-state index contributed by atoms with van der Waals surface area (Å²) in [5.74, 6) is -0.142. The van der Waals surface area contributed by atoms with Crippen LogP contribution in [0.15, 0.2) is 18.2 Å². The summed E-state index contributed by atoms with van der Waals surface area (Å²) in [7, 11) is 0. The lowest BCUT2D eigenvalue weighted by Crippen LogP contribution is -2.30. The zero-order valence-electron chi connectivity index (χ0n) is 10.7. The Labute approximate surface area is 111 Å². The van der Waals surface area contributed by atoms with Crippen molar-refractivity contribution in [3.8, 4) is 0 Å². The van der Waals surface area contributed by atoms with E-state index in [-0.39, 0.29) is 16.4 Å². The molecule has 0 aliphatic rings. The Morgan fingerprint density at radius 1 is 1.41 bits per heavy atom. The van der Waals surface area contributed by atoms with Gasteiger partial charge < -0.3 is 0 Å². The Hall–Kier alpha value is -0.700. The van der Waals surface area contributed by atoms with Gasteiger partial charge in [0, 0.05) is 5.41 Å². The maximum absolute atomic E-state index is 13.6. The minimum absolute atomic E-state index is 0.0974. The summed E-state index contributed by atoms with van der Waals surface area (Å²) < 4.78 is 13.6. The van der Waals surface area contributed by atoms with E-state index < -0.39 is 5.41 Å². The normalized spacial score (nSPS) is 13.5. The summed E-state index contributed by atoms with van der Waals surface area (Å²) in [4.78, 5) is 11.7. The van der Waals surface area contributed by atoms with Gasteiger partial charge in [0.25, 0.3) is 0 Å². The van der Waals surface area contributed by atoms with E-state index in [1.807, 2.05) is 33.8 Å². The topological polar surface area (TPSA) is 17.1 Å². The lowest BCUT2D eigenvalue weighted by Gasteiger charge is -2.21. The third-order valence-electron chi connectivity index (χ3n) is 2.76. The number of carbonyl (C=O) groups is 1. The van der Waals surface area contributed by atoms with Crippen LogP contribution in [0.2, 0.25) is 0 Å². The number of benzene rings is 1. The minimum Gasteiger partial charge on any atom is -0.298 e. The molecule has 1 atom stereocenters. The Bertz CT molecular complexity index is 400. The number of carbonyl (C=O) groups excluding carboxylic acids is 1. The highest BCUT2D eigenvalue weighted by Crippen LogP contribution is 2.25. The molecule has 0 radical (unpaired) electrons. The summed E-state index contributed by atoms with van der Waals surface area (Å²) in [6, 6.07) is 4.98. The molecule has 0 aliphatic carbocycles. The molecule has 0 amide bonds. The van der Waals surface area contributed by atoms with E-state index in [0.717, 1.165) is 5.56 Å². The van der Waals surface area contributed by atoms with Crippen molar-refractivity contribution in [2.24, 2.45) is 5.41 Å². The second-order valence-corrected chi connectivity index (χ2v) is 6.43. The van der Waals surface area contributed by atoms with Gasteiger partial charge in [-0.05, 0) is 30.5 Å². The number of Topliss-reactive ketones (excluding diaryl/α,β-unsaturated/α-hetero) is 1. The molecule has 0 spiro atoms. The quantitative estimate of drug-likeness (QED) is 0.770. The van der Waals surface area contributed by atoms with Gasteiger partial charge in [-0.3, -0.25) is 4.79 Å². The zero-order valence-corrected chi connectivity index (χ0v) is 12.3. The van der Waals surface area contributed by atoms with Gasteiger partial charge >= 0.3 is 0 Å². The zero-order chi connectivity index (χ0) is 13.2. The molecule has 0 saturated heterocycles. The molecule has 0 N–H and O–H groups in total. The van der Waals surface area contributed by atoms with Crippen molar-refractivity contribution in [3.05, 3.63) is 35.1 Å². The van der Waals surface area contributed by atoms with Crippen molar-refractivity contribution < 1.29 is 9.18 Å². The molecule has 0 heterocycles. The Morgan fingerprint density at radius 2 is 2.00 bits per heavy atom. The molecule has 0 aromatic heterocycles. The van der Waals surface area contributed by atoms with Crippen LogP contribution < -0.4 is 0 Å². The molecule has 0 saturated carbocycles. The van der Waals surface area contributed by atoms with Crippen LogP contribution >= 0.6 is 15.9 Å². The SMILES string of the molecule is Cc1cccc(F)c1CC(Br)C(=O)C(C)(C)C. The van der Waals surface area contributed by atoms with Gasteiger partial charge in [-0.25, -0.2) is 4.39 Å². The highest BCUT2D eigenvalue weighted by atomic mass is 79.9. The van der Waals surface area contributed by atoms with Crippen molar-refractivity contribution in [2.75, 3.05) is 0 Å². The number of hydrogen-bond donors (Lipinski definition) is 0. The van der Waals surface area contributed by atoms with Crippen molar-refractivity contribution in [1.82, 2.24) is 0 Å². The van der Waals surface area contributed by atoms with Gasteiger partial charge in [0.1, 0.15) is 5.82 Å². The van der Waals surface area contributed by atoms with Gasteiger partial charge in [0.05, 0.1) is 4.83 Å². The van der Waals surface area contributed by atoms with Crippen molar-refractivity contribution >= 4 is 21.7 Å². The molecule has 94 valence electrons. The third kappa shape index (κ3) is 3.63. The molecule has 1 nitrogen and oxygen atoms in total. The standard InChI is InChI=1S/C14H18BrFO/c1-9-6-5-7-12(16)10(9)8-11(15)13(17)14(2,3)4/h5-7,11H,8H2,1-4H3. The van der Waals surface area contributed by atoms with E-state index >= 15 is 0 Å². The molecule has 3 heteroatoms. The maximum atomic E-state index is 13.6. The van der Waals surface area contributed by atoms with Crippen LogP contribution in [0.25, 0.3) is 0 Å². The summed E-state index contributed by atoms with van der Waals surface area (Å²) >= 11 is 3.37. The van der Waals surface area contributed by atoms with E-state index in [1.165, 1.54) is 6.07 Å². The van der Waals surface area contributed by atoms with Crippen LogP contribution in [-0.2, 0) is 11.2 Å². The van der Waals surface area contributed by atoms with Crippen LogP contribution in [0.5, 0.6) is 0 Å². The van der Waals surface area contributed by atoms with E-state index in [0.29, 0.717) is 12.0 Å². The number of hydrogen-bond acceptors (Lipinski definition) is 1. The van der Waals surface area contributed by atoms with Crippen molar-refractivity contribution in [1.29, 1.82) is 0 Å². The molecule has 1 unspecified atom stereocenters. The fourth-order valence-corrected chi connectivity index (χ4v) is 2.68. The predicted octanol–water partition coefficient (Wildman–Crippen LogP) is 4.06. The molecule has 1 rings (SSSR count). The largest absolute Gasteiger partial charge is 0.298 e. The number of alkyl halides is 1. The average molecular weight is 301 g/mol. The molecule has 1 aromatic carbocycles. The fraction of sp³-hybridized carbons (Fsp3) is 0.500. The number of ketones is 1. The van der Waals surface area contributed by atoms with Crippen LogP contribution in [-0.4, -0.2) is 10.6 Å². The smallest absolute Gasteiger partial charge is 0.152 e. The molecule has 17 heavy (non-hydrogen) atoms. The van der Waals surface area contributed by atoms with E-state index in [9.17, 15) is 9.18 Å². The highest BCUT2D eigenvalue weighted by molar-refractivity contribution is 9.10. The second kappa shape index (κ2) is 5.30. The molecular weight excluding hydrogens is 283 g/mol. The Balaban J connectivity index is 2.89. The monoisotopic (exact) mass is 300 g/mol. The van der Waals surface area contributed by atoms with E-state index in [4.69, 9.17) is 0 Å². The first-order valence-corrected chi connectivity index (χ1v) is 6.57. The minimum atomic E-state index is -0.409. The number of rotatable bonds is 3. The molecule has 0 aliphatic heterocycles. The molecule has 0 bridgehead atoms. The molecular formula is C14H18BrFO. The van der Waals surface area contributed by atoms with Gasteiger partial charge in [-0.1, -0.05) is 48.8 Å². The lowest BCUT2D eigenvalue weighted by molar-refractivity contribution is -0.125. The first-order valence-electron chi connectivity index (χ1n) is 5.66. The van der Waals surface area contributed by atoms with Crippen LogP contribution in [0, 0.1) is 18.2 Å². The highest BCUT2D eigenvalue weighted by Gasteiger charge is 2.28. The number of halogens is 2. The van der Waals surface area contributed by atoms with E-state index in [2.05, 4.69) is 15.9 Å². The van der Waals surface area contributed by atoms with E-state index in [1.54, 1.807) is 6.07 Å². The first-order chi connectivity index (χ1) is 7.73. The third-order valence-corrected chi connectivity index (χ3v) is 3.50. The lowest BCUT2D eigenvalue weighted by atomic mass is 9.87. The Morgan fingerprint density at radius 3 is 2.47 bits per heavy atom. The van der Waals surface area contributed by atoms with Crippen molar-refractivity contribution in [3.63, 3.8) is 0 Å². The second-order valence-electron chi connectivity index (χ2n) is 5.32. The fourth-order valence-electron chi connectivity index (χ4n) is 1.67. The van der Waals surface area contributed by atoms with Crippen LogP contribution in [0.3, 0.4) is 0 Å². The van der Waals surface area contributed by atoms with Gasteiger partial charge in [0.2, 0.25) is 0 Å². The first kappa shape index (κ1) is 14.4. The van der Waals surface area contributed by atoms with Gasteiger partial charge in [0.15, 0.2) is 5.78 Å². The summed E-state index contributed by atoms with van der Waals surface area (Å²) in [5, 5.41) is 0. The summed E-state index contributed by atoms with van der Waals surface area (Å²) in [6.07, 6.45) is 0.397. The predicted molar refractivity (Wildman–Crippen MR) is 72.0 cm³/mol. The molecule has 1 aromatic rings. The number of aryl methyl sites for hydroxylation is 1. The van der Waals surface area contributed by atoms with Crippen LogP contribution in [0.1, 0.15) is 31.9 Å². The van der Waals surface area contributed by atoms with Gasteiger partial charge in [-0.15, -0.1) is 0 Å². The average Bonchev–Trinajstić information content (AvgIpc) is 2.21. The van der Waals surface area contributed by atoms with Crippen LogP contribution in [0.4, 0.5) is 4.39 Å².